The van der Waals surface area contributed by atoms with Crippen LogP contribution in [0.2, 0.25) is 5.02 Å². The van der Waals surface area contributed by atoms with Crippen molar-refractivity contribution < 1.29 is 24.0 Å². The maximum atomic E-state index is 12.7. The number of methoxy groups -OCH3 is 1. The van der Waals surface area contributed by atoms with Gasteiger partial charge in [-0.3, -0.25) is 14.9 Å². The summed E-state index contributed by atoms with van der Waals surface area (Å²) in [5.41, 5.74) is 1.34. The van der Waals surface area contributed by atoms with Crippen molar-refractivity contribution in [2.24, 2.45) is 0 Å². The van der Waals surface area contributed by atoms with Crippen LogP contribution >= 0.6 is 11.6 Å². The third-order valence-electron chi connectivity index (χ3n) is 4.72. The van der Waals surface area contributed by atoms with Crippen molar-refractivity contribution in [3.8, 4) is 11.8 Å². The molecule has 10 heteroatoms. The smallest absolute Gasteiger partial charge is 0.337 e. The molecule has 3 aromatic rings. The Bertz CT molecular complexity index is 1350. The predicted molar refractivity (Wildman–Crippen MR) is 129 cm³/mol. The van der Waals surface area contributed by atoms with Crippen LogP contribution in [0.25, 0.3) is 6.08 Å². The fourth-order valence-electron chi connectivity index (χ4n) is 2.99. The first-order chi connectivity index (χ1) is 16.8. The van der Waals surface area contributed by atoms with Crippen molar-refractivity contribution in [3.05, 3.63) is 104 Å². The number of ether oxygens (including phenoxy) is 2. The standard InChI is InChI=1S/C25H18ClN3O6/c1-34-25(31)17-5-8-21(9-6-17)28-24(30)19(14-27)12-18-13-20(26)7-10-23(18)35-15-16-3-2-4-22(11-16)29(32)33/h2-13H,15H2,1H3,(H,28,30)/b19-12+. The Labute approximate surface area is 205 Å². The minimum absolute atomic E-state index is 0.0186. The molecule has 176 valence electrons. The molecule has 0 saturated carbocycles. The summed E-state index contributed by atoms with van der Waals surface area (Å²) >= 11 is 6.10. The Balaban J connectivity index is 1.80. The van der Waals surface area contributed by atoms with Crippen LogP contribution in [0.15, 0.2) is 72.3 Å². The van der Waals surface area contributed by atoms with E-state index in [-0.39, 0.29) is 17.9 Å². The number of nitrogens with zero attached hydrogens (tertiary/aromatic N) is 2. The van der Waals surface area contributed by atoms with Crippen molar-refractivity contribution in [1.82, 2.24) is 0 Å². The Morgan fingerprint density at radius 3 is 2.54 bits per heavy atom. The summed E-state index contributed by atoms with van der Waals surface area (Å²) in [5, 5.41) is 23.5. The topological polar surface area (TPSA) is 132 Å². The van der Waals surface area contributed by atoms with Gasteiger partial charge in [0.2, 0.25) is 0 Å². The van der Waals surface area contributed by atoms with Gasteiger partial charge in [0.15, 0.2) is 0 Å². The molecule has 0 saturated heterocycles. The zero-order chi connectivity index (χ0) is 25.4. The third-order valence-corrected chi connectivity index (χ3v) is 4.95. The largest absolute Gasteiger partial charge is 0.488 e. The van der Waals surface area contributed by atoms with Crippen LogP contribution < -0.4 is 10.1 Å². The Morgan fingerprint density at radius 2 is 1.89 bits per heavy atom. The van der Waals surface area contributed by atoms with Crippen LogP contribution in [0.4, 0.5) is 11.4 Å². The average Bonchev–Trinajstić information content (AvgIpc) is 2.86. The van der Waals surface area contributed by atoms with E-state index in [2.05, 4.69) is 10.1 Å². The van der Waals surface area contributed by atoms with E-state index >= 15 is 0 Å². The average molecular weight is 492 g/mol. The molecule has 35 heavy (non-hydrogen) atoms. The lowest BCUT2D eigenvalue weighted by Gasteiger charge is -2.11. The van der Waals surface area contributed by atoms with Gasteiger partial charge in [0.1, 0.15) is 24.0 Å². The number of halogens is 1. The molecule has 0 fully saturated rings. The van der Waals surface area contributed by atoms with Gasteiger partial charge in [-0.25, -0.2) is 4.79 Å². The first-order valence-corrected chi connectivity index (χ1v) is 10.5. The van der Waals surface area contributed by atoms with Crippen LogP contribution in [0, 0.1) is 21.4 Å². The Morgan fingerprint density at radius 1 is 1.14 bits per heavy atom. The molecule has 0 heterocycles. The molecule has 0 aliphatic carbocycles. The van der Waals surface area contributed by atoms with Gasteiger partial charge in [0.05, 0.1) is 17.6 Å². The number of esters is 1. The molecule has 3 rings (SSSR count). The maximum absolute atomic E-state index is 12.7. The SMILES string of the molecule is COC(=O)c1ccc(NC(=O)/C(C#N)=C/c2cc(Cl)ccc2OCc2cccc([N+](=O)[O-])c2)cc1. The molecule has 0 unspecified atom stereocenters. The van der Waals surface area contributed by atoms with E-state index in [4.69, 9.17) is 16.3 Å². The van der Waals surface area contributed by atoms with E-state index in [0.717, 1.165) is 0 Å². The number of nitro benzene ring substituents is 1. The second kappa shape index (κ2) is 11.4. The van der Waals surface area contributed by atoms with Crippen LogP contribution in [0.5, 0.6) is 5.75 Å². The van der Waals surface area contributed by atoms with E-state index in [1.165, 1.54) is 55.7 Å². The van der Waals surface area contributed by atoms with Gasteiger partial charge < -0.3 is 14.8 Å². The molecule has 0 aliphatic heterocycles. The first-order valence-electron chi connectivity index (χ1n) is 10.1. The molecule has 3 aromatic carbocycles. The number of hydrogen-bond acceptors (Lipinski definition) is 7. The minimum atomic E-state index is -0.678. The molecule has 1 N–H and O–H groups in total. The van der Waals surface area contributed by atoms with Crippen LogP contribution in [0.1, 0.15) is 21.5 Å². The number of anilines is 1. The Hall–Kier alpha value is -4.68. The number of amides is 1. The highest BCUT2D eigenvalue weighted by Crippen LogP contribution is 2.27. The van der Waals surface area contributed by atoms with Gasteiger partial charge in [0, 0.05) is 28.4 Å². The van der Waals surface area contributed by atoms with Crippen molar-refractivity contribution >= 4 is 40.9 Å². The van der Waals surface area contributed by atoms with E-state index in [0.29, 0.717) is 33.1 Å². The number of carbonyl (C=O) groups is 2. The van der Waals surface area contributed by atoms with Crippen molar-refractivity contribution in [3.63, 3.8) is 0 Å². The molecule has 1 amide bonds. The van der Waals surface area contributed by atoms with E-state index < -0.39 is 16.8 Å². The molecule has 0 aliphatic rings. The van der Waals surface area contributed by atoms with Gasteiger partial charge in [-0.1, -0.05) is 23.7 Å². The van der Waals surface area contributed by atoms with Gasteiger partial charge in [-0.05, 0) is 54.1 Å². The molecular formula is C25H18ClN3O6. The molecule has 9 nitrogen and oxygen atoms in total. The summed E-state index contributed by atoms with van der Waals surface area (Å²) in [6.45, 7) is 0.0186. The lowest BCUT2D eigenvalue weighted by molar-refractivity contribution is -0.384. The summed E-state index contributed by atoms with van der Waals surface area (Å²) in [6.07, 6.45) is 1.33. The predicted octanol–water partition coefficient (Wildman–Crippen LogP) is 5.16. The monoisotopic (exact) mass is 491 g/mol. The number of non-ortho nitro benzene ring substituents is 1. The first kappa shape index (κ1) is 25.0. The van der Waals surface area contributed by atoms with Gasteiger partial charge in [-0.2, -0.15) is 5.26 Å². The van der Waals surface area contributed by atoms with E-state index in [9.17, 15) is 25.0 Å². The highest BCUT2D eigenvalue weighted by atomic mass is 35.5. The Kier molecular flexibility index (Phi) is 8.16. The van der Waals surface area contributed by atoms with Crippen molar-refractivity contribution in [2.75, 3.05) is 12.4 Å². The third kappa shape index (κ3) is 6.66. The van der Waals surface area contributed by atoms with E-state index in [1.807, 2.05) is 6.07 Å². The van der Waals surface area contributed by atoms with Crippen LogP contribution in [-0.4, -0.2) is 23.9 Å². The second-order valence-corrected chi connectivity index (χ2v) is 7.53. The summed E-state index contributed by atoms with van der Waals surface area (Å²) in [5.74, 6) is -0.870. The highest BCUT2D eigenvalue weighted by Gasteiger charge is 2.14. The van der Waals surface area contributed by atoms with Gasteiger partial charge in [0.25, 0.3) is 11.6 Å². The number of carbonyl (C=O) groups excluding carboxylic acids is 2. The van der Waals surface area contributed by atoms with Gasteiger partial charge in [-0.15, -0.1) is 0 Å². The number of rotatable bonds is 8. The van der Waals surface area contributed by atoms with Crippen molar-refractivity contribution in [2.45, 2.75) is 6.61 Å². The fraction of sp³-hybridized carbons (Fsp3) is 0.0800. The van der Waals surface area contributed by atoms with Crippen molar-refractivity contribution in [1.29, 1.82) is 5.26 Å². The molecular weight excluding hydrogens is 474 g/mol. The summed E-state index contributed by atoms with van der Waals surface area (Å²) in [4.78, 5) is 34.7. The number of nitriles is 1. The zero-order valence-corrected chi connectivity index (χ0v) is 19.1. The summed E-state index contributed by atoms with van der Waals surface area (Å²) < 4.78 is 10.4. The second-order valence-electron chi connectivity index (χ2n) is 7.09. The lowest BCUT2D eigenvalue weighted by Crippen LogP contribution is -2.13. The number of nitro groups is 1. The fourth-order valence-corrected chi connectivity index (χ4v) is 3.18. The minimum Gasteiger partial charge on any atom is -0.488 e. The molecule has 0 aromatic heterocycles. The number of nitrogens with one attached hydrogen (secondary N) is 1. The summed E-state index contributed by atoms with van der Waals surface area (Å²) in [7, 11) is 1.26. The molecule has 0 atom stereocenters. The van der Waals surface area contributed by atoms with Gasteiger partial charge >= 0.3 is 5.97 Å². The zero-order valence-electron chi connectivity index (χ0n) is 18.4. The number of benzene rings is 3. The highest BCUT2D eigenvalue weighted by molar-refractivity contribution is 6.30. The maximum Gasteiger partial charge on any atom is 0.337 e. The van der Waals surface area contributed by atoms with Crippen LogP contribution in [-0.2, 0) is 16.1 Å². The van der Waals surface area contributed by atoms with Crippen LogP contribution in [0.3, 0.4) is 0 Å². The quantitative estimate of drug-likeness (QED) is 0.151. The number of hydrogen-bond donors (Lipinski definition) is 1. The lowest BCUT2D eigenvalue weighted by atomic mass is 10.1. The molecule has 0 radical (unpaired) electrons. The molecule has 0 spiro atoms. The molecule has 0 bridgehead atoms. The summed E-state index contributed by atoms with van der Waals surface area (Å²) in [6, 6.07) is 18.5. The normalized spacial score (nSPS) is 10.7. The van der Waals surface area contributed by atoms with E-state index in [1.54, 1.807) is 24.3 Å².